The second-order valence-electron chi connectivity index (χ2n) is 4.50. The van der Waals surface area contributed by atoms with Gasteiger partial charge in [0.15, 0.2) is 0 Å². The molecular formula is C15H20N2O2S. The van der Waals surface area contributed by atoms with Gasteiger partial charge in [0.1, 0.15) is 5.54 Å². The lowest BCUT2D eigenvalue weighted by Gasteiger charge is -2.27. The molecule has 108 valence electrons. The number of nitrogens with one attached hydrogen (secondary N) is 2. The average molecular weight is 292 g/mol. The van der Waals surface area contributed by atoms with Crippen molar-refractivity contribution in [3.05, 3.63) is 22.4 Å². The second-order valence-corrected chi connectivity index (χ2v) is 5.28. The summed E-state index contributed by atoms with van der Waals surface area (Å²) < 4.78 is 0. The molecule has 0 saturated carbocycles. The quantitative estimate of drug-likeness (QED) is 0.757. The summed E-state index contributed by atoms with van der Waals surface area (Å²) in [5.41, 5.74) is 0.0459. The van der Waals surface area contributed by atoms with Crippen LogP contribution in [0.1, 0.15) is 43.5 Å². The Morgan fingerprint density at radius 1 is 1.40 bits per heavy atom. The SMILES string of the molecule is C#CC(CC)(CC)NC(=O)CCNC(=O)c1ccsc1. The number of thiophene rings is 1. The summed E-state index contributed by atoms with van der Waals surface area (Å²) >= 11 is 1.46. The Bertz CT molecular complexity index is 484. The number of hydrogen-bond acceptors (Lipinski definition) is 3. The number of carbonyl (C=O) groups excluding carboxylic acids is 2. The Morgan fingerprint density at radius 2 is 2.10 bits per heavy atom. The number of hydrogen-bond donors (Lipinski definition) is 2. The highest BCUT2D eigenvalue weighted by atomic mass is 32.1. The number of amides is 2. The van der Waals surface area contributed by atoms with Crippen LogP contribution in [0.2, 0.25) is 0 Å². The molecule has 0 unspecified atom stereocenters. The zero-order chi connectivity index (χ0) is 15.0. The van der Waals surface area contributed by atoms with Crippen molar-refractivity contribution in [3.63, 3.8) is 0 Å². The molecule has 1 aromatic rings. The number of terminal acetylenes is 1. The van der Waals surface area contributed by atoms with Crippen LogP contribution < -0.4 is 10.6 Å². The highest BCUT2D eigenvalue weighted by Gasteiger charge is 2.24. The molecule has 1 heterocycles. The summed E-state index contributed by atoms with van der Waals surface area (Å²) in [6.07, 6.45) is 7.08. The topological polar surface area (TPSA) is 58.2 Å². The minimum absolute atomic E-state index is 0.141. The van der Waals surface area contributed by atoms with Crippen LogP contribution in [0.25, 0.3) is 0 Å². The number of rotatable bonds is 7. The van der Waals surface area contributed by atoms with Crippen LogP contribution in [0.3, 0.4) is 0 Å². The molecule has 0 saturated heterocycles. The van der Waals surface area contributed by atoms with E-state index in [1.54, 1.807) is 11.4 Å². The van der Waals surface area contributed by atoms with Crippen molar-refractivity contribution >= 4 is 23.2 Å². The molecule has 0 atom stereocenters. The van der Waals surface area contributed by atoms with E-state index in [1.165, 1.54) is 11.3 Å². The van der Waals surface area contributed by atoms with Gasteiger partial charge in [-0.2, -0.15) is 11.3 Å². The van der Waals surface area contributed by atoms with E-state index in [-0.39, 0.29) is 18.2 Å². The predicted molar refractivity (Wildman–Crippen MR) is 81.6 cm³/mol. The molecule has 1 aromatic heterocycles. The highest BCUT2D eigenvalue weighted by Crippen LogP contribution is 2.13. The summed E-state index contributed by atoms with van der Waals surface area (Å²) in [6, 6.07) is 1.75. The van der Waals surface area contributed by atoms with Gasteiger partial charge in [0, 0.05) is 23.9 Å². The standard InChI is InChI=1S/C15H20N2O2S/c1-4-15(5-2,6-3)17-13(18)7-9-16-14(19)12-8-10-20-11-12/h1,8,10-11H,5-7,9H2,2-3H3,(H,16,19)(H,17,18). The van der Waals surface area contributed by atoms with E-state index in [9.17, 15) is 9.59 Å². The monoisotopic (exact) mass is 292 g/mol. The first kappa shape index (κ1) is 16.3. The zero-order valence-corrected chi connectivity index (χ0v) is 12.7. The lowest BCUT2D eigenvalue weighted by molar-refractivity contribution is -0.122. The molecule has 0 radical (unpaired) electrons. The fraction of sp³-hybridized carbons (Fsp3) is 0.467. The van der Waals surface area contributed by atoms with Crippen LogP contribution in [0.15, 0.2) is 16.8 Å². The molecule has 0 fully saturated rings. The van der Waals surface area contributed by atoms with Gasteiger partial charge < -0.3 is 10.6 Å². The largest absolute Gasteiger partial charge is 0.351 e. The van der Waals surface area contributed by atoms with Gasteiger partial charge in [-0.25, -0.2) is 0 Å². The van der Waals surface area contributed by atoms with Crippen LogP contribution in [0.5, 0.6) is 0 Å². The van der Waals surface area contributed by atoms with Gasteiger partial charge >= 0.3 is 0 Å². The second kappa shape index (κ2) is 7.71. The van der Waals surface area contributed by atoms with E-state index in [2.05, 4.69) is 16.6 Å². The maximum Gasteiger partial charge on any atom is 0.252 e. The van der Waals surface area contributed by atoms with Crippen LogP contribution >= 0.6 is 11.3 Å². The fourth-order valence-electron chi connectivity index (χ4n) is 1.78. The summed E-state index contributed by atoms with van der Waals surface area (Å²) in [6.45, 7) is 4.19. The number of carbonyl (C=O) groups is 2. The third-order valence-corrected chi connectivity index (χ3v) is 3.97. The Balaban J connectivity index is 2.37. The summed E-state index contributed by atoms with van der Waals surface area (Å²) in [5.74, 6) is 2.35. The van der Waals surface area contributed by atoms with E-state index in [0.29, 0.717) is 24.9 Å². The molecule has 0 aliphatic heterocycles. The molecule has 0 aliphatic rings. The van der Waals surface area contributed by atoms with Crippen molar-refractivity contribution in [1.29, 1.82) is 0 Å². The molecule has 2 N–H and O–H groups in total. The normalized spacial score (nSPS) is 10.7. The van der Waals surface area contributed by atoms with Crippen LogP contribution in [-0.2, 0) is 4.79 Å². The Kier molecular flexibility index (Phi) is 6.26. The lowest BCUT2D eigenvalue weighted by Crippen LogP contribution is -2.47. The molecule has 0 spiro atoms. The van der Waals surface area contributed by atoms with Crippen LogP contribution in [0, 0.1) is 12.3 Å². The van der Waals surface area contributed by atoms with E-state index in [1.807, 2.05) is 19.2 Å². The third kappa shape index (κ3) is 4.39. The first-order valence-electron chi connectivity index (χ1n) is 6.66. The lowest BCUT2D eigenvalue weighted by atomic mass is 9.94. The van der Waals surface area contributed by atoms with Crippen molar-refractivity contribution in [2.24, 2.45) is 0 Å². The van der Waals surface area contributed by atoms with Gasteiger partial charge in [0.25, 0.3) is 5.91 Å². The van der Waals surface area contributed by atoms with Crippen molar-refractivity contribution in [1.82, 2.24) is 10.6 Å². The van der Waals surface area contributed by atoms with Crippen molar-refractivity contribution in [2.45, 2.75) is 38.6 Å². The molecule has 0 bridgehead atoms. The van der Waals surface area contributed by atoms with Crippen molar-refractivity contribution < 1.29 is 9.59 Å². The first-order chi connectivity index (χ1) is 9.56. The van der Waals surface area contributed by atoms with Gasteiger partial charge in [0.2, 0.25) is 5.91 Å². The highest BCUT2D eigenvalue weighted by molar-refractivity contribution is 7.08. The van der Waals surface area contributed by atoms with Gasteiger partial charge in [-0.1, -0.05) is 19.8 Å². The van der Waals surface area contributed by atoms with Gasteiger partial charge in [-0.15, -0.1) is 6.42 Å². The molecule has 0 aromatic carbocycles. The minimum Gasteiger partial charge on any atom is -0.351 e. The summed E-state index contributed by atoms with van der Waals surface area (Å²) in [7, 11) is 0. The average Bonchev–Trinajstić information content (AvgIpc) is 2.99. The van der Waals surface area contributed by atoms with Gasteiger partial charge in [-0.05, 0) is 24.3 Å². The minimum atomic E-state index is -0.575. The molecule has 2 amide bonds. The van der Waals surface area contributed by atoms with E-state index in [0.717, 1.165) is 0 Å². The molecule has 4 nitrogen and oxygen atoms in total. The van der Waals surface area contributed by atoms with E-state index in [4.69, 9.17) is 6.42 Å². The molecular weight excluding hydrogens is 272 g/mol. The molecule has 0 aliphatic carbocycles. The third-order valence-electron chi connectivity index (χ3n) is 3.28. The van der Waals surface area contributed by atoms with E-state index < -0.39 is 5.54 Å². The van der Waals surface area contributed by atoms with Gasteiger partial charge in [-0.3, -0.25) is 9.59 Å². The Labute approximate surface area is 124 Å². The first-order valence-corrected chi connectivity index (χ1v) is 7.60. The Hall–Kier alpha value is -1.80. The van der Waals surface area contributed by atoms with Crippen molar-refractivity contribution in [3.8, 4) is 12.3 Å². The summed E-state index contributed by atoms with van der Waals surface area (Å²) in [4.78, 5) is 23.5. The Morgan fingerprint density at radius 3 is 2.60 bits per heavy atom. The van der Waals surface area contributed by atoms with Gasteiger partial charge in [0.05, 0.1) is 0 Å². The predicted octanol–water partition coefficient (Wildman–Crippen LogP) is 2.18. The maximum atomic E-state index is 11.8. The summed E-state index contributed by atoms with van der Waals surface area (Å²) in [5, 5.41) is 9.18. The smallest absolute Gasteiger partial charge is 0.252 e. The fourth-order valence-corrected chi connectivity index (χ4v) is 2.42. The van der Waals surface area contributed by atoms with E-state index >= 15 is 0 Å². The maximum absolute atomic E-state index is 11.8. The van der Waals surface area contributed by atoms with Crippen LogP contribution in [-0.4, -0.2) is 23.9 Å². The molecule has 5 heteroatoms. The molecule has 20 heavy (non-hydrogen) atoms. The van der Waals surface area contributed by atoms with Crippen LogP contribution in [0.4, 0.5) is 0 Å². The zero-order valence-electron chi connectivity index (χ0n) is 11.9. The van der Waals surface area contributed by atoms with Crippen molar-refractivity contribution in [2.75, 3.05) is 6.54 Å². The molecule has 1 rings (SSSR count).